The van der Waals surface area contributed by atoms with Crippen LogP contribution in [0, 0.1) is 5.92 Å². The molecule has 2 heteroatoms. The predicted molar refractivity (Wildman–Crippen MR) is 50.9 cm³/mol. The van der Waals surface area contributed by atoms with E-state index in [1.165, 1.54) is 0 Å². The Bertz CT molecular complexity index is 219. The number of pyridine rings is 1. The summed E-state index contributed by atoms with van der Waals surface area (Å²) in [4.78, 5) is 4.31. The Morgan fingerprint density at radius 1 is 1.33 bits per heavy atom. The van der Waals surface area contributed by atoms with Gasteiger partial charge in [-0.05, 0) is 25.1 Å². The van der Waals surface area contributed by atoms with E-state index < -0.39 is 0 Å². The lowest BCUT2D eigenvalue weighted by molar-refractivity contribution is 0.433. The SMILES string of the molecule is CN[C@H](c1ccccn1)C(C)C. The monoisotopic (exact) mass is 164 g/mol. The van der Waals surface area contributed by atoms with Crippen LogP contribution in [0.3, 0.4) is 0 Å². The zero-order chi connectivity index (χ0) is 8.97. The normalized spacial score (nSPS) is 13.3. The van der Waals surface area contributed by atoms with Crippen LogP contribution >= 0.6 is 0 Å². The van der Waals surface area contributed by atoms with E-state index in [-0.39, 0.29) is 0 Å². The number of nitrogens with one attached hydrogen (secondary N) is 1. The van der Waals surface area contributed by atoms with Gasteiger partial charge in [0.2, 0.25) is 0 Å². The van der Waals surface area contributed by atoms with Gasteiger partial charge in [-0.15, -0.1) is 0 Å². The summed E-state index contributed by atoms with van der Waals surface area (Å²) in [7, 11) is 1.97. The zero-order valence-corrected chi connectivity index (χ0v) is 7.91. The van der Waals surface area contributed by atoms with E-state index in [9.17, 15) is 0 Å². The second-order valence-corrected chi connectivity index (χ2v) is 3.26. The number of rotatable bonds is 3. The van der Waals surface area contributed by atoms with Gasteiger partial charge in [-0.2, -0.15) is 0 Å². The Morgan fingerprint density at radius 3 is 2.50 bits per heavy atom. The third kappa shape index (κ3) is 2.05. The van der Waals surface area contributed by atoms with Crippen molar-refractivity contribution in [3.8, 4) is 0 Å². The number of nitrogens with zero attached hydrogens (tertiary/aromatic N) is 1. The second kappa shape index (κ2) is 4.21. The summed E-state index contributed by atoms with van der Waals surface area (Å²) in [5.74, 6) is 0.574. The van der Waals surface area contributed by atoms with Crippen molar-refractivity contribution in [3.63, 3.8) is 0 Å². The summed E-state index contributed by atoms with van der Waals surface area (Å²) in [6.07, 6.45) is 1.84. The van der Waals surface area contributed by atoms with E-state index in [1.807, 2.05) is 25.4 Å². The van der Waals surface area contributed by atoms with E-state index in [1.54, 1.807) is 0 Å². The lowest BCUT2D eigenvalue weighted by Gasteiger charge is -2.18. The maximum absolute atomic E-state index is 4.31. The lowest BCUT2D eigenvalue weighted by atomic mass is 10.0. The fourth-order valence-corrected chi connectivity index (χ4v) is 1.38. The molecule has 0 aliphatic heterocycles. The lowest BCUT2D eigenvalue weighted by Crippen LogP contribution is -2.22. The van der Waals surface area contributed by atoms with Crippen LogP contribution in [0.1, 0.15) is 25.6 Å². The van der Waals surface area contributed by atoms with Gasteiger partial charge < -0.3 is 5.32 Å². The van der Waals surface area contributed by atoms with Crippen molar-refractivity contribution < 1.29 is 0 Å². The highest BCUT2D eigenvalue weighted by atomic mass is 14.9. The molecule has 1 aromatic heterocycles. The first-order valence-electron chi connectivity index (χ1n) is 4.34. The van der Waals surface area contributed by atoms with Gasteiger partial charge in [0, 0.05) is 6.20 Å². The quantitative estimate of drug-likeness (QED) is 0.739. The third-order valence-electron chi connectivity index (χ3n) is 1.98. The molecule has 1 aromatic rings. The first-order chi connectivity index (χ1) is 5.75. The average Bonchev–Trinajstić information content (AvgIpc) is 2.07. The van der Waals surface area contributed by atoms with Gasteiger partial charge in [0.25, 0.3) is 0 Å². The van der Waals surface area contributed by atoms with E-state index >= 15 is 0 Å². The number of hydrogen-bond donors (Lipinski definition) is 1. The van der Waals surface area contributed by atoms with Crippen molar-refractivity contribution >= 4 is 0 Å². The molecule has 0 amide bonds. The average molecular weight is 164 g/mol. The summed E-state index contributed by atoms with van der Waals surface area (Å²) < 4.78 is 0. The third-order valence-corrected chi connectivity index (χ3v) is 1.98. The molecule has 0 spiro atoms. The van der Waals surface area contributed by atoms with Gasteiger partial charge in [0.1, 0.15) is 0 Å². The summed E-state index contributed by atoms with van der Waals surface area (Å²) in [5.41, 5.74) is 1.12. The van der Waals surface area contributed by atoms with Crippen LogP contribution < -0.4 is 5.32 Å². The van der Waals surface area contributed by atoms with Crippen molar-refractivity contribution in [3.05, 3.63) is 30.1 Å². The van der Waals surface area contributed by atoms with Gasteiger partial charge in [-0.1, -0.05) is 19.9 Å². The van der Waals surface area contributed by atoms with Crippen molar-refractivity contribution in [2.24, 2.45) is 5.92 Å². The van der Waals surface area contributed by atoms with Crippen LogP contribution in [0.25, 0.3) is 0 Å². The minimum Gasteiger partial charge on any atom is -0.311 e. The molecule has 2 nitrogen and oxygen atoms in total. The van der Waals surface area contributed by atoms with Crippen molar-refractivity contribution in [1.29, 1.82) is 0 Å². The van der Waals surface area contributed by atoms with Crippen molar-refractivity contribution in [2.45, 2.75) is 19.9 Å². The summed E-state index contributed by atoms with van der Waals surface area (Å²) >= 11 is 0. The zero-order valence-electron chi connectivity index (χ0n) is 7.91. The Kier molecular flexibility index (Phi) is 3.23. The Labute approximate surface area is 74.0 Å². The molecule has 0 bridgehead atoms. The van der Waals surface area contributed by atoms with Gasteiger partial charge >= 0.3 is 0 Å². The van der Waals surface area contributed by atoms with E-state index in [0.717, 1.165) is 5.69 Å². The fourth-order valence-electron chi connectivity index (χ4n) is 1.38. The summed E-state index contributed by atoms with van der Waals surface area (Å²) in [6.45, 7) is 4.38. The van der Waals surface area contributed by atoms with Crippen LogP contribution in [0.4, 0.5) is 0 Å². The molecule has 66 valence electrons. The molecular formula is C10H16N2. The summed E-state index contributed by atoms with van der Waals surface area (Å²) in [6, 6.07) is 6.39. The van der Waals surface area contributed by atoms with Gasteiger partial charge in [0.15, 0.2) is 0 Å². The minimum atomic E-state index is 0.367. The molecule has 0 aromatic carbocycles. The molecule has 0 saturated heterocycles. The van der Waals surface area contributed by atoms with Crippen molar-refractivity contribution in [1.82, 2.24) is 10.3 Å². The molecule has 0 radical (unpaired) electrons. The predicted octanol–water partition coefficient (Wildman–Crippen LogP) is 2.00. The standard InChI is InChI=1S/C10H16N2/c1-8(2)10(11-3)9-6-4-5-7-12-9/h4-8,10-11H,1-3H3/t10-/m0/s1. The number of aromatic nitrogens is 1. The Balaban J connectivity index is 2.80. The molecule has 0 aliphatic rings. The van der Waals surface area contributed by atoms with Crippen molar-refractivity contribution in [2.75, 3.05) is 7.05 Å². The largest absolute Gasteiger partial charge is 0.311 e. The van der Waals surface area contributed by atoms with Crippen LogP contribution in [-0.4, -0.2) is 12.0 Å². The summed E-state index contributed by atoms with van der Waals surface area (Å²) in [5, 5.41) is 3.26. The number of hydrogen-bond acceptors (Lipinski definition) is 2. The topological polar surface area (TPSA) is 24.9 Å². The highest BCUT2D eigenvalue weighted by Gasteiger charge is 2.13. The maximum Gasteiger partial charge on any atom is 0.0575 e. The van der Waals surface area contributed by atoms with E-state index in [4.69, 9.17) is 0 Å². The van der Waals surface area contributed by atoms with Crippen LogP contribution in [0.2, 0.25) is 0 Å². The van der Waals surface area contributed by atoms with E-state index in [2.05, 4.69) is 30.2 Å². The van der Waals surface area contributed by atoms with Gasteiger partial charge in [0.05, 0.1) is 11.7 Å². The first-order valence-corrected chi connectivity index (χ1v) is 4.34. The molecule has 1 rings (SSSR count). The molecule has 1 heterocycles. The molecule has 0 saturated carbocycles. The first kappa shape index (κ1) is 9.20. The second-order valence-electron chi connectivity index (χ2n) is 3.26. The van der Waals surface area contributed by atoms with E-state index in [0.29, 0.717) is 12.0 Å². The molecule has 0 unspecified atom stereocenters. The Hall–Kier alpha value is -0.890. The fraction of sp³-hybridized carbons (Fsp3) is 0.500. The smallest absolute Gasteiger partial charge is 0.0575 e. The minimum absolute atomic E-state index is 0.367. The molecule has 0 aliphatic carbocycles. The molecular weight excluding hydrogens is 148 g/mol. The molecule has 1 N–H and O–H groups in total. The highest BCUT2D eigenvalue weighted by molar-refractivity contribution is 5.08. The molecule has 12 heavy (non-hydrogen) atoms. The Morgan fingerprint density at radius 2 is 2.08 bits per heavy atom. The van der Waals surface area contributed by atoms with Crippen LogP contribution in [0.15, 0.2) is 24.4 Å². The maximum atomic E-state index is 4.31. The van der Waals surface area contributed by atoms with Crippen LogP contribution in [0.5, 0.6) is 0 Å². The van der Waals surface area contributed by atoms with Gasteiger partial charge in [-0.25, -0.2) is 0 Å². The highest BCUT2D eigenvalue weighted by Crippen LogP contribution is 2.17. The van der Waals surface area contributed by atoms with Gasteiger partial charge in [-0.3, -0.25) is 4.98 Å². The molecule has 0 fully saturated rings. The molecule has 1 atom stereocenters. The van der Waals surface area contributed by atoms with Crippen LogP contribution in [-0.2, 0) is 0 Å².